The quantitative estimate of drug-likeness (QED) is 0.906. The second-order valence-corrected chi connectivity index (χ2v) is 5.66. The van der Waals surface area contributed by atoms with Gasteiger partial charge in [-0.3, -0.25) is 0 Å². The van der Waals surface area contributed by atoms with Gasteiger partial charge in [-0.1, -0.05) is 37.3 Å². The van der Waals surface area contributed by atoms with Crippen LogP contribution in [-0.2, 0) is 4.74 Å². The lowest BCUT2D eigenvalue weighted by molar-refractivity contribution is 0.129. The summed E-state index contributed by atoms with van der Waals surface area (Å²) in [6, 6.07) is 10.7. The van der Waals surface area contributed by atoms with E-state index < -0.39 is 0 Å². The van der Waals surface area contributed by atoms with Crippen molar-refractivity contribution in [3.05, 3.63) is 35.9 Å². The topological polar surface area (TPSA) is 41.6 Å². The van der Waals surface area contributed by atoms with Crippen LogP contribution in [0.15, 0.2) is 30.3 Å². The predicted molar refractivity (Wildman–Crippen MR) is 84.5 cm³/mol. The summed E-state index contributed by atoms with van der Waals surface area (Å²) in [4.78, 5) is 14.1. The minimum absolute atomic E-state index is 0.162. The summed E-state index contributed by atoms with van der Waals surface area (Å²) in [6.07, 6.45) is 1.81. The van der Waals surface area contributed by atoms with Crippen molar-refractivity contribution in [2.24, 2.45) is 0 Å². The summed E-state index contributed by atoms with van der Waals surface area (Å²) in [6.45, 7) is 7.50. The number of hydrogen-bond donors (Lipinski definition) is 1. The van der Waals surface area contributed by atoms with E-state index in [1.807, 2.05) is 13.0 Å². The lowest BCUT2D eigenvalue weighted by Crippen LogP contribution is -2.50. The van der Waals surface area contributed by atoms with E-state index in [0.29, 0.717) is 12.5 Å². The first-order valence-electron chi connectivity index (χ1n) is 7.93. The van der Waals surface area contributed by atoms with Gasteiger partial charge in [-0.25, -0.2) is 4.79 Å². The third-order valence-corrected chi connectivity index (χ3v) is 3.93. The zero-order valence-electron chi connectivity index (χ0n) is 13.0. The molecule has 4 heteroatoms. The SMILES string of the molecule is CCCN1CC(NC(=O)OCC)CC(c2ccccc2)C1. The Labute approximate surface area is 127 Å². The highest BCUT2D eigenvalue weighted by atomic mass is 16.5. The van der Waals surface area contributed by atoms with Gasteiger partial charge in [0.05, 0.1) is 6.61 Å². The fourth-order valence-corrected chi connectivity index (χ4v) is 3.10. The Morgan fingerprint density at radius 1 is 1.29 bits per heavy atom. The molecule has 0 spiro atoms. The van der Waals surface area contributed by atoms with Crippen LogP contribution in [-0.4, -0.2) is 43.3 Å². The lowest BCUT2D eigenvalue weighted by atomic mass is 9.88. The van der Waals surface area contributed by atoms with E-state index in [0.717, 1.165) is 32.5 Å². The van der Waals surface area contributed by atoms with Crippen molar-refractivity contribution in [3.8, 4) is 0 Å². The molecule has 1 aromatic rings. The Hall–Kier alpha value is -1.55. The molecule has 2 atom stereocenters. The molecule has 1 N–H and O–H groups in total. The standard InChI is InChI=1S/C17H26N2O2/c1-3-10-19-12-15(14-8-6-5-7-9-14)11-16(13-19)18-17(20)21-4-2/h5-9,15-16H,3-4,10-13H2,1-2H3,(H,18,20). The molecule has 1 fully saturated rings. The van der Waals surface area contributed by atoms with E-state index in [-0.39, 0.29) is 12.1 Å². The number of nitrogens with zero attached hydrogens (tertiary/aromatic N) is 1. The van der Waals surface area contributed by atoms with Gasteiger partial charge in [0.25, 0.3) is 0 Å². The molecule has 1 amide bonds. The average molecular weight is 290 g/mol. The zero-order valence-corrected chi connectivity index (χ0v) is 13.0. The molecule has 2 rings (SSSR count). The molecule has 4 nitrogen and oxygen atoms in total. The molecule has 1 aliphatic rings. The van der Waals surface area contributed by atoms with Crippen LogP contribution in [0.1, 0.15) is 38.2 Å². The molecule has 1 aliphatic heterocycles. The highest BCUT2D eigenvalue weighted by Crippen LogP contribution is 2.27. The van der Waals surface area contributed by atoms with Crippen LogP contribution in [0.25, 0.3) is 0 Å². The van der Waals surface area contributed by atoms with Gasteiger partial charge in [0.15, 0.2) is 0 Å². The molecular weight excluding hydrogens is 264 g/mol. The molecule has 2 unspecified atom stereocenters. The van der Waals surface area contributed by atoms with Crippen LogP contribution in [0.5, 0.6) is 0 Å². The first kappa shape index (κ1) is 15.8. The second kappa shape index (κ2) is 8.03. The van der Waals surface area contributed by atoms with Crippen molar-refractivity contribution in [1.82, 2.24) is 10.2 Å². The molecule has 0 bridgehead atoms. The molecular formula is C17H26N2O2. The summed E-state index contributed by atoms with van der Waals surface area (Å²) in [5, 5.41) is 3.01. The fourth-order valence-electron chi connectivity index (χ4n) is 3.10. The summed E-state index contributed by atoms with van der Waals surface area (Å²) in [5.41, 5.74) is 1.36. The van der Waals surface area contributed by atoms with Crippen LogP contribution in [0.2, 0.25) is 0 Å². The number of rotatable bonds is 5. The second-order valence-electron chi connectivity index (χ2n) is 5.66. The Bertz CT molecular complexity index is 436. The van der Waals surface area contributed by atoms with Crippen molar-refractivity contribution in [1.29, 1.82) is 0 Å². The molecule has 116 valence electrons. The highest BCUT2D eigenvalue weighted by molar-refractivity contribution is 5.67. The van der Waals surface area contributed by atoms with Gasteiger partial charge in [0.2, 0.25) is 0 Å². The number of hydrogen-bond acceptors (Lipinski definition) is 3. The number of ether oxygens (including phenoxy) is 1. The van der Waals surface area contributed by atoms with Gasteiger partial charge in [0.1, 0.15) is 0 Å². The maximum absolute atomic E-state index is 11.7. The summed E-state index contributed by atoms with van der Waals surface area (Å²) >= 11 is 0. The Kier molecular flexibility index (Phi) is 6.05. The molecule has 0 saturated carbocycles. The van der Waals surface area contributed by atoms with E-state index in [1.165, 1.54) is 5.56 Å². The van der Waals surface area contributed by atoms with Gasteiger partial charge >= 0.3 is 6.09 Å². The van der Waals surface area contributed by atoms with E-state index in [2.05, 4.69) is 41.4 Å². The third-order valence-electron chi connectivity index (χ3n) is 3.93. The molecule has 0 aliphatic carbocycles. The van der Waals surface area contributed by atoms with E-state index in [1.54, 1.807) is 0 Å². The van der Waals surface area contributed by atoms with Gasteiger partial charge in [-0.2, -0.15) is 0 Å². The Morgan fingerprint density at radius 2 is 2.05 bits per heavy atom. The monoisotopic (exact) mass is 290 g/mol. The lowest BCUT2D eigenvalue weighted by Gasteiger charge is -2.38. The van der Waals surface area contributed by atoms with Gasteiger partial charge in [0, 0.05) is 19.1 Å². The predicted octanol–water partition coefficient (Wildman–Crippen LogP) is 3.00. The number of nitrogens with one attached hydrogen (secondary N) is 1. The first-order valence-corrected chi connectivity index (χ1v) is 7.93. The number of benzene rings is 1. The van der Waals surface area contributed by atoms with Crippen LogP contribution >= 0.6 is 0 Å². The maximum Gasteiger partial charge on any atom is 0.407 e. The smallest absolute Gasteiger partial charge is 0.407 e. The molecule has 21 heavy (non-hydrogen) atoms. The number of amides is 1. The number of carbonyl (C=O) groups excluding carboxylic acids is 1. The van der Waals surface area contributed by atoms with Crippen LogP contribution in [0.3, 0.4) is 0 Å². The van der Waals surface area contributed by atoms with Crippen molar-refractivity contribution < 1.29 is 9.53 Å². The van der Waals surface area contributed by atoms with Gasteiger partial charge in [-0.05, 0) is 37.8 Å². The van der Waals surface area contributed by atoms with Crippen molar-refractivity contribution in [2.75, 3.05) is 26.2 Å². The Balaban J connectivity index is 2.03. The highest BCUT2D eigenvalue weighted by Gasteiger charge is 2.28. The number of alkyl carbamates (subject to hydrolysis) is 1. The fraction of sp³-hybridized carbons (Fsp3) is 0.588. The third kappa shape index (κ3) is 4.74. The van der Waals surface area contributed by atoms with Crippen LogP contribution in [0, 0.1) is 0 Å². The summed E-state index contributed by atoms with van der Waals surface area (Å²) in [5.74, 6) is 0.471. The van der Waals surface area contributed by atoms with E-state index >= 15 is 0 Å². The number of likely N-dealkylation sites (tertiary alicyclic amines) is 1. The van der Waals surface area contributed by atoms with Crippen LogP contribution < -0.4 is 5.32 Å². The minimum Gasteiger partial charge on any atom is -0.450 e. The number of piperidine rings is 1. The normalized spacial score (nSPS) is 22.8. The molecule has 1 saturated heterocycles. The van der Waals surface area contributed by atoms with Crippen molar-refractivity contribution >= 4 is 6.09 Å². The van der Waals surface area contributed by atoms with Crippen LogP contribution in [0.4, 0.5) is 4.79 Å². The largest absolute Gasteiger partial charge is 0.450 e. The first-order chi connectivity index (χ1) is 10.2. The van der Waals surface area contributed by atoms with E-state index in [4.69, 9.17) is 4.74 Å². The zero-order chi connectivity index (χ0) is 15.1. The number of carbonyl (C=O) groups is 1. The van der Waals surface area contributed by atoms with E-state index in [9.17, 15) is 4.79 Å². The molecule has 0 radical (unpaired) electrons. The molecule has 1 heterocycles. The van der Waals surface area contributed by atoms with Crippen molar-refractivity contribution in [2.45, 2.75) is 38.6 Å². The van der Waals surface area contributed by atoms with Gasteiger partial charge in [-0.15, -0.1) is 0 Å². The summed E-state index contributed by atoms with van der Waals surface area (Å²) in [7, 11) is 0. The average Bonchev–Trinajstić information content (AvgIpc) is 2.48. The maximum atomic E-state index is 11.7. The van der Waals surface area contributed by atoms with Gasteiger partial charge < -0.3 is 15.0 Å². The molecule has 1 aromatic carbocycles. The Morgan fingerprint density at radius 3 is 2.71 bits per heavy atom. The summed E-state index contributed by atoms with van der Waals surface area (Å²) < 4.78 is 5.01. The van der Waals surface area contributed by atoms with Crippen molar-refractivity contribution in [3.63, 3.8) is 0 Å². The minimum atomic E-state index is -0.298. The molecule has 0 aromatic heterocycles.